The Labute approximate surface area is 127 Å². The lowest BCUT2D eigenvalue weighted by atomic mass is 9.94. The molecule has 1 aliphatic heterocycles. The molecule has 1 unspecified atom stereocenters. The SMILES string of the molecule is CNc1nc(C(C)C)nc(NC2CCOC(C)(C)C2)c1C. The zero-order chi connectivity index (χ0) is 15.6. The molecule has 1 atom stereocenters. The lowest BCUT2D eigenvalue weighted by Gasteiger charge is -2.36. The van der Waals surface area contributed by atoms with Crippen molar-refractivity contribution < 1.29 is 4.74 Å². The van der Waals surface area contributed by atoms with Crippen molar-refractivity contribution in [2.24, 2.45) is 0 Å². The summed E-state index contributed by atoms with van der Waals surface area (Å²) in [4.78, 5) is 9.30. The largest absolute Gasteiger partial charge is 0.375 e. The van der Waals surface area contributed by atoms with Gasteiger partial charge in [0, 0.05) is 31.2 Å². The van der Waals surface area contributed by atoms with E-state index in [2.05, 4.69) is 50.2 Å². The van der Waals surface area contributed by atoms with E-state index in [4.69, 9.17) is 9.72 Å². The van der Waals surface area contributed by atoms with Crippen LogP contribution in [0.2, 0.25) is 0 Å². The first-order valence-electron chi connectivity index (χ1n) is 7.79. The third-order valence-corrected chi connectivity index (χ3v) is 3.95. The lowest BCUT2D eigenvalue weighted by molar-refractivity contribution is -0.0553. The second-order valence-electron chi connectivity index (χ2n) is 6.75. The van der Waals surface area contributed by atoms with Gasteiger partial charge in [0.05, 0.1) is 5.60 Å². The molecule has 2 heterocycles. The van der Waals surface area contributed by atoms with Crippen LogP contribution < -0.4 is 10.6 Å². The smallest absolute Gasteiger partial charge is 0.135 e. The van der Waals surface area contributed by atoms with Gasteiger partial charge in [0.1, 0.15) is 17.5 Å². The highest BCUT2D eigenvalue weighted by molar-refractivity contribution is 5.57. The Hall–Kier alpha value is -1.36. The Morgan fingerprint density at radius 1 is 1.24 bits per heavy atom. The lowest BCUT2D eigenvalue weighted by Crippen LogP contribution is -2.40. The fourth-order valence-electron chi connectivity index (χ4n) is 2.72. The molecule has 0 saturated carbocycles. The van der Waals surface area contributed by atoms with Crippen molar-refractivity contribution >= 4 is 11.6 Å². The molecule has 5 heteroatoms. The van der Waals surface area contributed by atoms with Gasteiger partial charge < -0.3 is 15.4 Å². The molecular formula is C16H28N4O. The van der Waals surface area contributed by atoms with E-state index in [-0.39, 0.29) is 5.60 Å². The quantitative estimate of drug-likeness (QED) is 0.891. The summed E-state index contributed by atoms with van der Waals surface area (Å²) in [6.45, 7) is 11.4. The van der Waals surface area contributed by atoms with Gasteiger partial charge in [-0.2, -0.15) is 0 Å². The van der Waals surface area contributed by atoms with Crippen LogP contribution in [0.15, 0.2) is 0 Å². The van der Waals surface area contributed by atoms with Crippen LogP contribution in [-0.2, 0) is 4.74 Å². The van der Waals surface area contributed by atoms with Crippen LogP contribution in [-0.4, -0.2) is 35.3 Å². The van der Waals surface area contributed by atoms with Crippen molar-refractivity contribution in [1.29, 1.82) is 0 Å². The highest BCUT2D eigenvalue weighted by atomic mass is 16.5. The number of aromatic nitrogens is 2. The van der Waals surface area contributed by atoms with E-state index in [0.717, 1.165) is 42.5 Å². The Bertz CT molecular complexity index is 499. The van der Waals surface area contributed by atoms with Crippen LogP contribution in [0.3, 0.4) is 0 Å². The zero-order valence-electron chi connectivity index (χ0n) is 14.1. The fourth-order valence-corrected chi connectivity index (χ4v) is 2.72. The van der Waals surface area contributed by atoms with Gasteiger partial charge in [-0.05, 0) is 33.6 Å². The van der Waals surface area contributed by atoms with Crippen LogP contribution in [0.5, 0.6) is 0 Å². The molecular weight excluding hydrogens is 264 g/mol. The first kappa shape index (κ1) is 16.0. The van der Waals surface area contributed by atoms with Crippen LogP contribution in [0, 0.1) is 6.92 Å². The number of nitrogens with one attached hydrogen (secondary N) is 2. The third-order valence-electron chi connectivity index (χ3n) is 3.95. The molecule has 0 spiro atoms. The molecule has 21 heavy (non-hydrogen) atoms. The van der Waals surface area contributed by atoms with Crippen molar-refractivity contribution in [1.82, 2.24) is 9.97 Å². The van der Waals surface area contributed by atoms with Gasteiger partial charge in [0.2, 0.25) is 0 Å². The Balaban J connectivity index is 2.24. The molecule has 1 aliphatic rings. The summed E-state index contributed by atoms with van der Waals surface area (Å²) < 4.78 is 5.79. The van der Waals surface area contributed by atoms with Crippen molar-refractivity contribution in [3.63, 3.8) is 0 Å². The molecule has 0 aromatic carbocycles. The van der Waals surface area contributed by atoms with Gasteiger partial charge in [-0.3, -0.25) is 0 Å². The van der Waals surface area contributed by atoms with Crippen LogP contribution in [0.25, 0.3) is 0 Å². The predicted molar refractivity (Wildman–Crippen MR) is 87.1 cm³/mol. The minimum absolute atomic E-state index is 0.0659. The van der Waals surface area contributed by atoms with Gasteiger partial charge >= 0.3 is 0 Å². The standard InChI is InChI=1S/C16H28N4O/c1-10(2)13-19-14(17-6)11(3)15(20-13)18-12-7-8-21-16(4,5)9-12/h10,12H,7-9H2,1-6H3,(H2,17,18,19,20). The van der Waals surface area contributed by atoms with E-state index in [1.807, 2.05) is 7.05 Å². The van der Waals surface area contributed by atoms with Crippen LogP contribution >= 0.6 is 0 Å². The van der Waals surface area contributed by atoms with Crippen molar-refractivity contribution in [2.75, 3.05) is 24.3 Å². The number of hydrogen-bond donors (Lipinski definition) is 2. The molecule has 1 aromatic rings. The minimum Gasteiger partial charge on any atom is -0.375 e. The normalized spacial score (nSPS) is 21.4. The fraction of sp³-hybridized carbons (Fsp3) is 0.750. The summed E-state index contributed by atoms with van der Waals surface area (Å²) in [5, 5.41) is 6.77. The van der Waals surface area contributed by atoms with Gasteiger partial charge in [0.15, 0.2) is 0 Å². The molecule has 2 N–H and O–H groups in total. The van der Waals surface area contributed by atoms with Crippen LogP contribution in [0.4, 0.5) is 11.6 Å². The van der Waals surface area contributed by atoms with E-state index in [0.29, 0.717) is 12.0 Å². The van der Waals surface area contributed by atoms with Gasteiger partial charge in [-0.1, -0.05) is 13.8 Å². The van der Waals surface area contributed by atoms with E-state index in [9.17, 15) is 0 Å². The first-order valence-corrected chi connectivity index (χ1v) is 7.79. The molecule has 0 bridgehead atoms. The number of ether oxygens (including phenoxy) is 1. The number of rotatable bonds is 4. The minimum atomic E-state index is -0.0659. The second-order valence-corrected chi connectivity index (χ2v) is 6.75. The van der Waals surface area contributed by atoms with Gasteiger partial charge in [-0.15, -0.1) is 0 Å². The summed E-state index contributed by atoms with van der Waals surface area (Å²) in [5.74, 6) is 3.03. The van der Waals surface area contributed by atoms with Crippen molar-refractivity contribution in [2.45, 2.75) is 65.0 Å². The third kappa shape index (κ3) is 3.84. The average molecular weight is 292 g/mol. The summed E-state index contributed by atoms with van der Waals surface area (Å²) in [6.07, 6.45) is 2.00. The highest BCUT2D eigenvalue weighted by Crippen LogP contribution is 2.29. The zero-order valence-corrected chi connectivity index (χ0v) is 14.1. The molecule has 0 aliphatic carbocycles. The number of hydrogen-bond acceptors (Lipinski definition) is 5. The molecule has 1 saturated heterocycles. The summed E-state index contributed by atoms with van der Waals surface area (Å²) >= 11 is 0. The number of nitrogens with zero attached hydrogens (tertiary/aromatic N) is 2. The average Bonchev–Trinajstić information content (AvgIpc) is 2.39. The van der Waals surface area contributed by atoms with E-state index >= 15 is 0 Å². The first-order chi connectivity index (χ1) is 9.82. The van der Waals surface area contributed by atoms with E-state index in [1.54, 1.807) is 0 Å². The molecule has 2 rings (SSSR count). The Kier molecular flexibility index (Phi) is 4.71. The van der Waals surface area contributed by atoms with Gasteiger partial charge in [-0.25, -0.2) is 9.97 Å². The number of anilines is 2. The second kappa shape index (κ2) is 6.18. The Morgan fingerprint density at radius 3 is 2.48 bits per heavy atom. The maximum absolute atomic E-state index is 5.79. The maximum atomic E-state index is 5.79. The highest BCUT2D eigenvalue weighted by Gasteiger charge is 2.29. The topological polar surface area (TPSA) is 59.1 Å². The maximum Gasteiger partial charge on any atom is 0.135 e. The van der Waals surface area contributed by atoms with Crippen molar-refractivity contribution in [3.05, 3.63) is 11.4 Å². The summed E-state index contributed by atoms with van der Waals surface area (Å²) in [6, 6.07) is 0.395. The molecule has 0 radical (unpaired) electrons. The van der Waals surface area contributed by atoms with E-state index in [1.165, 1.54) is 0 Å². The van der Waals surface area contributed by atoms with E-state index < -0.39 is 0 Å². The summed E-state index contributed by atoms with van der Waals surface area (Å²) in [7, 11) is 1.90. The summed E-state index contributed by atoms with van der Waals surface area (Å²) in [5.41, 5.74) is 1.01. The molecule has 1 fully saturated rings. The predicted octanol–water partition coefficient (Wildman–Crippen LogP) is 3.32. The Morgan fingerprint density at radius 2 is 1.90 bits per heavy atom. The molecule has 5 nitrogen and oxygen atoms in total. The molecule has 118 valence electrons. The molecule has 1 aromatic heterocycles. The van der Waals surface area contributed by atoms with Gasteiger partial charge in [0.25, 0.3) is 0 Å². The molecule has 0 amide bonds. The van der Waals surface area contributed by atoms with Crippen molar-refractivity contribution in [3.8, 4) is 0 Å². The van der Waals surface area contributed by atoms with Crippen LogP contribution in [0.1, 0.15) is 57.8 Å². The monoisotopic (exact) mass is 292 g/mol.